The first-order valence-corrected chi connectivity index (χ1v) is 7.37. The van der Waals surface area contributed by atoms with Gasteiger partial charge in [-0.3, -0.25) is 0 Å². The van der Waals surface area contributed by atoms with Crippen molar-refractivity contribution < 1.29 is 5.11 Å². The number of likely N-dealkylation sites (tertiary alicyclic amines) is 1. The summed E-state index contributed by atoms with van der Waals surface area (Å²) in [5, 5.41) is 9.37. The highest BCUT2D eigenvalue weighted by Crippen LogP contribution is 2.26. The van der Waals surface area contributed by atoms with Gasteiger partial charge < -0.3 is 15.7 Å². The van der Waals surface area contributed by atoms with Gasteiger partial charge in [0.05, 0.1) is 6.61 Å². The van der Waals surface area contributed by atoms with E-state index in [-0.39, 0.29) is 12.1 Å². The number of nitrogens with two attached hydrogens (primary N) is 1. The second-order valence-electron chi connectivity index (χ2n) is 6.06. The lowest BCUT2D eigenvalue weighted by Crippen LogP contribution is -2.45. The van der Waals surface area contributed by atoms with Crippen LogP contribution in [0.15, 0.2) is 0 Å². The van der Waals surface area contributed by atoms with Crippen LogP contribution in [0.5, 0.6) is 0 Å². The average molecular weight is 240 g/mol. The molecular weight excluding hydrogens is 212 g/mol. The Bertz CT molecular complexity index is 226. The van der Waals surface area contributed by atoms with E-state index in [0.717, 1.165) is 31.8 Å². The van der Waals surface area contributed by atoms with Gasteiger partial charge >= 0.3 is 0 Å². The monoisotopic (exact) mass is 240 g/mol. The van der Waals surface area contributed by atoms with E-state index < -0.39 is 0 Å². The second kappa shape index (κ2) is 6.17. The highest BCUT2D eigenvalue weighted by molar-refractivity contribution is 4.89. The molecule has 0 radical (unpaired) electrons. The van der Waals surface area contributed by atoms with Crippen molar-refractivity contribution in [3.8, 4) is 0 Å². The summed E-state index contributed by atoms with van der Waals surface area (Å²) in [6.45, 7) is 2.41. The van der Waals surface area contributed by atoms with Crippen LogP contribution in [-0.4, -0.2) is 41.3 Å². The maximum Gasteiger partial charge on any atom is 0.0611 e. The van der Waals surface area contributed by atoms with Gasteiger partial charge in [0, 0.05) is 18.1 Å². The van der Waals surface area contributed by atoms with Crippen LogP contribution in [0.2, 0.25) is 0 Å². The van der Waals surface area contributed by atoms with E-state index in [0.29, 0.717) is 0 Å². The first kappa shape index (κ1) is 13.3. The molecule has 1 saturated carbocycles. The zero-order valence-corrected chi connectivity index (χ0v) is 11.0. The third-order valence-electron chi connectivity index (χ3n) is 4.67. The molecule has 0 aromatic rings. The molecule has 1 atom stereocenters. The molecule has 17 heavy (non-hydrogen) atoms. The standard InChI is InChI=1S/C14H28N2O/c15-14(12-17)8-5-10-16(11-9-14)13-6-3-1-2-4-7-13/h13,17H,1-12,15H2. The third kappa shape index (κ3) is 3.67. The molecule has 1 aliphatic heterocycles. The van der Waals surface area contributed by atoms with Crippen molar-refractivity contribution in [2.75, 3.05) is 19.7 Å². The van der Waals surface area contributed by atoms with Gasteiger partial charge in [-0.2, -0.15) is 0 Å². The summed E-state index contributed by atoms with van der Waals surface area (Å²) in [6.07, 6.45) is 11.5. The van der Waals surface area contributed by atoms with Gasteiger partial charge in [-0.05, 0) is 38.6 Å². The van der Waals surface area contributed by atoms with Crippen LogP contribution >= 0.6 is 0 Å². The summed E-state index contributed by atoms with van der Waals surface area (Å²) in [5.74, 6) is 0. The molecule has 1 saturated heterocycles. The number of nitrogens with zero attached hydrogens (tertiary/aromatic N) is 1. The van der Waals surface area contributed by atoms with Crippen LogP contribution < -0.4 is 5.73 Å². The topological polar surface area (TPSA) is 49.5 Å². The summed E-state index contributed by atoms with van der Waals surface area (Å²) in [6, 6.07) is 0.790. The van der Waals surface area contributed by atoms with Gasteiger partial charge in [-0.15, -0.1) is 0 Å². The molecular formula is C14H28N2O. The highest BCUT2D eigenvalue weighted by Gasteiger charge is 2.30. The van der Waals surface area contributed by atoms with Gasteiger partial charge in [0.15, 0.2) is 0 Å². The number of aliphatic hydroxyl groups excluding tert-OH is 1. The lowest BCUT2D eigenvalue weighted by atomic mass is 9.93. The molecule has 0 spiro atoms. The third-order valence-corrected chi connectivity index (χ3v) is 4.67. The van der Waals surface area contributed by atoms with Gasteiger partial charge in [0.25, 0.3) is 0 Å². The van der Waals surface area contributed by atoms with Crippen molar-refractivity contribution in [3.63, 3.8) is 0 Å². The number of aliphatic hydroxyl groups is 1. The molecule has 100 valence electrons. The zero-order valence-electron chi connectivity index (χ0n) is 11.0. The Morgan fingerprint density at radius 2 is 1.71 bits per heavy atom. The molecule has 3 N–H and O–H groups in total. The van der Waals surface area contributed by atoms with E-state index in [1.54, 1.807) is 0 Å². The fourth-order valence-electron chi connectivity index (χ4n) is 3.38. The molecule has 0 aromatic carbocycles. The van der Waals surface area contributed by atoms with Crippen LogP contribution in [0.1, 0.15) is 57.8 Å². The fraction of sp³-hybridized carbons (Fsp3) is 1.00. The van der Waals surface area contributed by atoms with Crippen molar-refractivity contribution in [1.29, 1.82) is 0 Å². The fourth-order valence-corrected chi connectivity index (χ4v) is 3.38. The Morgan fingerprint density at radius 1 is 1.00 bits per heavy atom. The highest BCUT2D eigenvalue weighted by atomic mass is 16.3. The molecule has 2 fully saturated rings. The molecule has 1 unspecified atom stereocenters. The summed E-state index contributed by atoms with van der Waals surface area (Å²) in [4.78, 5) is 2.65. The summed E-state index contributed by atoms with van der Waals surface area (Å²) in [5.41, 5.74) is 5.90. The van der Waals surface area contributed by atoms with E-state index in [2.05, 4.69) is 4.90 Å². The molecule has 3 nitrogen and oxygen atoms in total. The Hall–Kier alpha value is -0.120. The minimum atomic E-state index is -0.306. The average Bonchev–Trinajstić information content (AvgIpc) is 2.70. The van der Waals surface area contributed by atoms with E-state index in [4.69, 9.17) is 5.73 Å². The van der Waals surface area contributed by atoms with Gasteiger partial charge in [0.1, 0.15) is 0 Å². The number of hydrogen-bond donors (Lipinski definition) is 2. The molecule has 0 aromatic heterocycles. The molecule has 1 heterocycles. The molecule has 3 heteroatoms. The summed E-state index contributed by atoms with van der Waals surface area (Å²) >= 11 is 0. The van der Waals surface area contributed by atoms with Crippen LogP contribution in [0, 0.1) is 0 Å². The van der Waals surface area contributed by atoms with Crippen molar-refractivity contribution in [3.05, 3.63) is 0 Å². The number of hydrogen-bond acceptors (Lipinski definition) is 3. The second-order valence-corrected chi connectivity index (χ2v) is 6.06. The van der Waals surface area contributed by atoms with Crippen LogP contribution in [-0.2, 0) is 0 Å². The van der Waals surface area contributed by atoms with E-state index >= 15 is 0 Å². The predicted octanol–water partition coefficient (Wildman–Crippen LogP) is 1.88. The van der Waals surface area contributed by atoms with Crippen LogP contribution in [0.25, 0.3) is 0 Å². The van der Waals surface area contributed by atoms with Crippen LogP contribution in [0.4, 0.5) is 0 Å². The maximum absolute atomic E-state index is 9.37. The quantitative estimate of drug-likeness (QED) is 0.725. The smallest absolute Gasteiger partial charge is 0.0611 e. The molecule has 0 amide bonds. The number of rotatable bonds is 2. The molecule has 2 aliphatic rings. The van der Waals surface area contributed by atoms with Crippen molar-refractivity contribution in [2.24, 2.45) is 5.73 Å². The zero-order chi connectivity index (χ0) is 12.1. The van der Waals surface area contributed by atoms with Crippen molar-refractivity contribution in [1.82, 2.24) is 4.90 Å². The van der Waals surface area contributed by atoms with Crippen molar-refractivity contribution in [2.45, 2.75) is 69.4 Å². The largest absolute Gasteiger partial charge is 0.394 e. The normalized spacial score (nSPS) is 34.2. The summed E-state index contributed by atoms with van der Waals surface area (Å²) < 4.78 is 0. The Labute approximate surface area is 105 Å². The van der Waals surface area contributed by atoms with Gasteiger partial charge in [-0.1, -0.05) is 25.7 Å². The summed E-state index contributed by atoms with van der Waals surface area (Å²) in [7, 11) is 0. The lowest BCUT2D eigenvalue weighted by molar-refractivity contribution is 0.160. The Balaban J connectivity index is 1.88. The minimum Gasteiger partial charge on any atom is -0.394 e. The van der Waals surface area contributed by atoms with Crippen molar-refractivity contribution >= 4 is 0 Å². The van der Waals surface area contributed by atoms with Crippen LogP contribution in [0.3, 0.4) is 0 Å². The first-order valence-electron chi connectivity index (χ1n) is 7.37. The maximum atomic E-state index is 9.37. The Morgan fingerprint density at radius 3 is 2.35 bits per heavy atom. The van der Waals surface area contributed by atoms with Gasteiger partial charge in [0.2, 0.25) is 0 Å². The van der Waals surface area contributed by atoms with Gasteiger partial charge in [-0.25, -0.2) is 0 Å². The molecule has 0 bridgehead atoms. The molecule has 1 aliphatic carbocycles. The van der Waals surface area contributed by atoms with E-state index in [1.165, 1.54) is 45.1 Å². The minimum absolute atomic E-state index is 0.144. The predicted molar refractivity (Wildman–Crippen MR) is 70.9 cm³/mol. The lowest BCUT2D eigenvalue weighted by Gasteiger charge is -2.31. The van der Waals surface area contributed by atoms with E-state index in [9.17, 15) is 5.11 Å². The Kier molecular flexibility index (Phi) is 4.83. The molecule has 2 rings (SSSR count). The van der Waals surface area contributed by atoms with E-state index in [1.807, 2.05) is 0 Å². The SMILES string of the molecule is NC1(CO)CCCN(C2CCCCCC2)CC1. The first-order chi connectivity index (χ1) is 8.23.